The average Bonchev–Trinajstić information content (AvgIpc) is 3.51. The van der Waals surface area contributed by atoms with E-state index >= 15 is 0 Å². The van der Waals surface area contributed by atoms with Gasteiger partial charge in [-0.1, -0.05) is 36.9 Å². The van der Waals surface area contributed by atoms with Crippen LogP contribution in [0, 0.1) is 0 Å². The summed E-state index contributed by atoms with van der Waals surface area (Å²) < 4.78 is 28.6. The Morgan fingerprint density at radius 2 is 1.84 bits per heavy atom. The number of benzene rings is 3. The number of amides is 1. The second-order valence-electron chi connectivity index (χ2n) is 8.93. The first-order chi connectivity index (χ1) is 18.6. The standard InChI is InChI=1S/C30H25NO7/c1-3-13-35-22-12-10-19(15-25(22)34-4-2)27-26-28(32)20-7-5-6-8-21(20)38-29(26)30(33)31(27)16-18-9-11-23-24(14-18)37-17-36-23/h3,5-12,14-15,27H,1,4,13,16-17H2,2H3. The molecule has 6 rings (SSSR count). The number of hydrogen-bond acceptors (Lipinski definition) is 7. The zero-order valence-corrected chi connectivity index (χ0v) is 20.8. The molecule has 38 heavy (non-hydrogen) atoms. The van der Waals surface area contributed by atoms with E-state index < -0.39 is 6.04 Å². The van der Waals surface area contributed by atoms with Crippen molar-refractivity contribution >= 4 is 16.9 Å². The summed E-state index contributed by atoms with van der Waals surface area (Å²) in [6.45, 7) is 6.69. The maximum absolute atomic E-state index is 13.8. The van der Waals surface area contributed by atoms with Crippen molar-refractivity contribution in [3.05, 3.63) is 106 Å². The first-order valence-corrected chi connectivity index (χ1v) is 12.3. The van der Waals surface area contributed by atoms with E-state index in [4.69, 9.17) is 23.4 Å². The molecule has 1 unspecified atom stereocenters. The molecule has 2 aliphatic rings. The topological polar surface area (TPSA) is 87.4 Å². The largest absolute Gasteiger partial charge is 0.490 e. The summed E-state index contributed by atoms with van der Waals surface area (Å²) in [5.41, 5.74) is 1.97. The molecule has 1 amide bonds. The number of ether oxygens (including phenoxy) is 4. The van der Waals surface area contributed by atoms with Gasteiger partial charge in [-0.25, -0.2) is 0 Å². The van der Waals surface area contributed by atoms with Crippen molar-refractivity contribution in [1.82, 2.24) is 4.90 Å². The molecule has 8 heteroatoms. The van der Waals surface area contributed by atoms with Crippen LogP contribution in [-0.2, 0) is 6.54 Å². The van der Waals surface area contributed by atoms with Gasteiger partial charge in [0.05, 0.1) is 23.6 Å². The van der Waals surface area contributed by atoms with E-state index in [1.807, 2.05) is 37.3 Å². The zero-order chi connectivity index (χ0) is 26.2. The SMILES string of the molecule is C=CCOc1ccc(C2c3c(oc4ccccc4c3=O)C(=O)N2Cc2ccc3c(c2)OCO3)cc1OCC. The van der Waals surface area contributed by atoms with Gasteiger partial charge < -0.3 is 28.3 Å². The second kappa shape index (κ2) is 9.63. The highest BCUT2D eigenvalue weighted by Gasteiger charge is 2.43. The van der Waals surface area contributed by atoms with Crippen LogP contribution in [0.25, 0.3) is 11.0 Å². The minimum absolute atomic E-state index is 0.0457. The second-order valence-corrected chi connectivity index (χ2v) is 8.93. The molecule has 0 saturated heterocycles. The van der Waals surface area contributed by atoms with E-state index in [1.165, 1.54) is 0 Å². The fourth-order valence-corrected chi connectivity index (χ4v) is 4.94. The summed E-state index contributed by atoms with van der Waals surface area (Å²) in [7, 11) is 0. The lowest BCUT2D eigenvalue weighted by atomic mass is 9.97. The molecule has 1 aromatic heterocycles. The van der Waals surface area contributed by atoms with Crippen LogP contribution in [0.5, 0.6) is 23.0 Å². The number of rotatable bonds is 8. The van der Waals surface area contributed by atoms with Crippen LogP contribution < -0.4 is 24.4 Å². The molecular weight excluding hydrogens is 486 g/mol. The number of carbonyl (C=O) groups excluding carboxylic acids is 1. The van der Waals surface area contributed by atoms with E-state index in [1.54, 1.807) is 41.3 Å². The molecule has 2 aliphatic heterocycles. The summed E-state index contributed by atoms with van der Waals surface area (Å²) in [5, 5.41) is 0.421. The smallest absolute Gasteiger partial charge is 0.291 e. The van der Waals surface area contributed by atoms with Crippen LogP contribution in [-0.4, -0.2) is 30.8 Å². The summed E-state index contributed by atoms with van der Waals surface area (Å²) >= 11 is 0. The molecule has 0 bridgehead atoms. The number of fused-ring (bicyclic) bond motifs is 3. The fraction of sp³-hybridized carbons (Fsp3) is 0.200. The third-order valence-corrected chi connectivity index (χ3v) is 6.60. The van der Waals surface area contributed by atoms with Crippen molar-refractivity contribution in [3.63, 3.8) is 0 Å². The van der Waals surface area contributed by atoms with Crippen LogP contribution in [0.2, 0.25) is 0 Å². The van der Waals surface area contributed by atoms with E-state index in [0.717, 1.165) is 5.56 Å². The van der Waals surface area contributed by atoms with Gasteiger partial charge >= 0.3 is 0 Å². The lowest BCUT2D eigenvalue weighted by molar-refractivity contribution is 0.0714. The molecule has 0 saturated carbocycles. The molecule has 0 N–H and O–H groups in total. The Balaban J connectivity index is 1.50. The van der Waals surface area contributed by atoms with Crippen molar-refractivity contribution < 1.29 is 28.2 Å². The predicted molar refractivity (Wildman–Crippen MR) is 140 cm³/mol. The summed E-state index contributed by atoms with van der Waals surface area (Å²) in [6, 6.07) is 17.2. The zero-order valence-electron chi connectivity index (χ0n) is 20.8. The summed E-state index contributed by atoms with van der Waals surface area (Å²) in [6.07, 6.45) is 1.65. The lowest BCUT2D eigenvalue weighted by Crippen LogP contribution is -2.29. The number of carbonyl (C=O) groups is 1. The molecule has 0 fully saturated rings. The van der Waals surface area contributed by atoms with E-state index in [0.29, 0.717) is 58.3 Å². The molecule has 192 valence electrons. The number of hydrogen-bond donors (Lipinski definition) is 0. The average molecular weight is 512 g/mol. The van der Waals surface area contributed by atoms with Gasteiger partial charge in [-0.05, 0) is 54.4 Å². The van der Waals surface area contributed by atoms with Crippen molar-refractivity contribution in [2.75, 3.05) is 20.0 Å². The summed E-state index contributed by atoms with van der Waals surface area (Å²) in [5.74, 6) is 2.01. The van der Waals surface area contributed by atoms with Gasteiger partial charge in [0, 0.05) is 6.54 Å². The van der Waals surface area contributed by atoms with E-state index in [9.17, 15) is 9.59 Å². The fourth-order valence-electron chi connectivity index (χ4n) is 4.94. The Morgan fingerprint density at radius 3 is 2.68 bits per heavy atom. The van der Waals surface area contributed by atoms with Crippen LogP contribution in [0.1, 0.15) is 40.2 Å². The molecule has 3 heterocycles. The van der Waals surface area contributed by atoms with Gasteiger partial charge in [0.1, 0.15) is 12.2 Å². The Bertz CT molecular complexity index is 1620. The first kappa shape index (κ1) is 23.7. The van der Waals surface area contributed by atoms with Crippen LogP contribution in [0.4, 0.5) is 0 Å². The Hall–Kier alpha value is -4.72. The van der Waals surface area contributed by atoms with Crippen molar-refractivity contribution in [1.29, 1.82) is 0 Å². The Labute approximate surface area is 218 Å². The third kappa shape index (κ3) is 3.94. The molecule has 0 spiro atoms. The van der Waals surface area contributed by atoms with Gasteiger partial charge in [0.25, 0.3) is 5.91 Å². The Morgan fingerprint density at radius 1 is 1.00 bits per heavy atom. The quantitative estimate of drug-likeness (QED) is 0.299. The van der Waals surface area contributed by atoms with Gasteiger partial charge in [0.15, 0.2) is 28.4 Å². The van der Waals surface area contributed by atoms with Crippen LogP contribution in [0.3, 0.4) is 0 Å². The van der Waals surface area contributed by atoms with Crippen molar-refractivity contribution in [2.24, 2.45) is 0 Å². The maximum atomic E-state index is 13.8. The van der Waals surface area contributed by atoms with E-state index in [-0.39, 0.29) is 30.4 Å². The molecule has 3 aromatic carbocycles. The molecular formula is C30H25NO7. The Kier molecular flexibility index (Phi) is 5.99. The highest BCUT2D eigenvalue weighted by atomic mass is 16.7. The van der Waals surface area contributed by atoms with Gasteiger partial charge in [-0.3, -0.25) is 9.59 Å². The van der Waals surface area contributed by atoms with Crippen molar-refractivity contribution in [3.8, 4) is 23.0 Å². The molecule has 4 aromatic rings. The third-order valence-electron chi connectivity index (χ3n) is 6.60. The number of para-hydroxylation sites is 1. The molecule has 0 radical (unpaired) electrons. The van der Waals surface area contributed by atoms with E-state index in [2.05, 4.69) is 6.58 Å². The molecule has 1 atom stereocenters. The van der Waals surface area contributed by atoms with Crippen molar-refractivity contribution in [2.45, 2.75) is 19.5 Å². The van der Waals surface area contributed by atoms with Crippen LogP contribution >= 0.6 is 0 Å². The van der Waals surface area contributed by atoms with Gasteiger partial charge in [0.2, 0.25) is 12.6 Å². The highest BCUT2D eigenvalue weighted by Crippen LogP contribution is 2.42. The lowest BCUT2D eigenvalue weighted by Gasteiger charge is -2.26. The summed E-state index contributed by atoms with van der Waals surface area (Å²) in [4.78, 5) is 29.2. The minimum Gasteiger partial charge on any atom is -0.490 e. The van der Waals surface area contributed by atoms with Gasteiger partial charge in [-0.2, -0.15) is 0 Å². The van der Waals surface area contributed by atoms with Gasteiger partial charge in [-0.15, -0.1) is 0 Å². The predicted octanol–water partition coefficient (Wildman–Crippen LogP) is 5.23. The monoisotopic (exact) mass is 511 g/mol. The van der Waals surface area contributed by atoms with Crippen LogP contribution in [0.15, 0.2) is 82.5 Å². The molecule has 0 aliphatic carbocycles. The molecule has 8 nitrogen and oxygen atoms in total. The first-order valence-electron chi connectivity index (χ1n) is 12.3. The highest BCUT2D eigenvalue weighted by molar-refractivity contribution is 5.99. The number of nitrogens with zero attached hydrogens (tertiary/aromatic N) is 1. The maximum Gasteiger partial charge on any atom is 0.291 e. The normalized spacial score (nSPS) is 15.6. The minimum atomic E-state index is -0.698.